The Morgan fingerprint density at radius 1 is 1.32 bits per heavy atom. The molecule has 0 bridgehead atoms. The van der Waals surface area contributed by atoms with E-state index in [1.54, 1.807) is 24.3 Å². The monoisotopic (exact) mass is 299 g/mol. The molecule has 1 N–H and O–H groups in total. The molecule has 0 saturated heterocycles. The lowest BCUT2D eigenvalue weighted by atomic mass is 10.0. The third-order valence-electron chi connectivity index (χ3n) is 3.96. The van der Waals surface area contributed by atoms with E-state index in [-0.39, 0.29) is 12.5 Å². The SMILES string of the molecule is CCCc1occc1C(=O)N1CC(C(=O)O)c2ccccc21. The Morgan fingerprint density at radius 2 is 2.09 bits per heavy atom. The van der Waals surface area contributed by atoms with Crippen LogP contribution in [0.3, 0.4) is 0 Å². The molecule has 114 valence electrons. The maximum Gasteiger partial charge on any atom is 0.312 e. The van der Waals surface area contributed by atoms with Crippen molar-refractivity contribution >= 4 is 17.6 Å². The largest absolute Gasteiger partial charge is 0.481 e. The molecule has 1 aromatic carbocycles. The smallest absolute Gasteiger partial charge is 0.312 e. The van der Waals surface area contributed by atoms with Gasteiger partial charge in [0, 0.05) is 18.7 Å². The Kier molecular flexibility index (Phi) is 3.71. The number of anilines is 1. The van der Waals surface area contributed by atoms with E-state index in [9.17, 15) is 14.7 Å². The van der Waals surface area contributed by atoms with Crippen LogP contribution in [-0.4, -0.2) is 23.5 Å². The van der Waals surface area contributed by atoms with Crippen molar-refractivity contribution in [1.82, 2.24) is 0 Å². The van der Waals surface area contributed by atoms with Gasteiger partial charge >= 0.3 is 5.97 Å². The summed E-state index contributed by atoms with van der Waals surface area (Å²) >= 11 is 0. The molecule has 1 atom stereocenters. The van der Waals surface area contributed by atoms with Gasteiger partial charge in [0.1, 0.15) is 11.7 Å². The molecule has 0 radical (unpaired) electrons. The van der Waals surface area contributed by atoms with Gasteiger partial charge in [0.25, 0.3) is 5.91 Å². The number of hydrogen-bond acceptors (Lipinski definition) is 3. The molecule has 0 saturated carbocycles. The number of para-hydroxylation sites is 1. The molecule has 1 aromatic heterocycles. The van der Waals surface area contributed by atoms with Crippen molar-refractivity contribution < 1.29 is 19.1 Å². The van der Waals surface area contributed by atoms with Crippen LogP contribution in [0, 0.1) is 0 Å². The first kappa shape index (κ1) is 14.4. The third kappa shape index (κ3) is 2.28. The van der Waals surface area contributed by atoms with Crippen molar-refractivity contribution in [2.75, 3.05) is 11.4 Å². The van der Waals surface area contributed by atoms with Crippen LogP contribution < -0.4 is 4.90 Å². The fourth-order valence-corrected chi connectivity index (χ4v) is 2.91. The van der Waals surface area contributed by atoms with Crippen LogP contribution in [0.4, 0.5) is 5.69 Å². The number of furan rings is 1. The number of rotatable bonds is 4. The quantitative estimate of drug-likeness (QED) is 0.942. The summed E-state index contributed by atoms with van der Waals surface area (Å²) in [6.07, 6.45) is 3.07. The minimum absolute atomic E-state index is 0.157. The zero-order chi connectivity index (χ0) is 15.7. The first-order valence-electron chi connectivity index (χ1n) is 7.33. The van der Waals surface area contributed by atoms with Crippen LogP contribution in [0.15, 0.2) is 41.0 Å². The van der Waals surface area contributed by atoms with Crippen molar-refractivity contribution in [2.24, 2.45) is 0 Å². The summed E-state index contributed by atoms with van der Waals surface area (Å²) in [5, 5.41) is 9.37. The van der Waals surface area contributed by atoms with Gasteiger partial charge in [0.05, 0.1) is 11.8 Å². The molecule has 0 fully saturated rings. The summed E-state index contributed by atoms with van der Waals surface area (Å²) in [6.45, 7) is 2.17. The van der Waals surface area contributed by atoms with Gasteiger partial charge in [-0.05, 0) is 24.1 Å². The van der Waals surface area contributed by atoms with Crippen molar-refractivity contribution in [3.05, 3.63) is 53.5 Å². The fraction of sp³-hybridized carbons (Fsp3) is 0.294. The van der Waals surface area contributed by atoms with E-state index in [4.69, 9.17) is 4.42 Å². The van der Waals surface area contributed by atoms with Crippen LogP contribution in [0.2, 0.25) is 0 Å². The lowest BCUT2D eigenvalue weighted by molar-refractivity contribution is -0.138. The number of aliphatic carboxylic acids is 1. The van der Waals surface area contributed by atoms with Gasteiger partial charge in [-0.1, -0.05) is 25.1 Å². The molecule has 2 aromatic rings. The summed E-state index contributed by atoms with van der Waals surface area (Å²) in [5.41, 5.74) is 1.87. The molecule has 0 spiro atoms. The van der Waals surface area contributed by atoms with Crippen molar-refractivity contribution in [3.63, 3.8) is 0 Å². The minimum atomic E-state index is -0.913. The second kappa shape index (κ2) is 5.67. The van der Waals surface area contributed by atoms with E-state index in [0.29, 0.717) is 29.0 Å². The maximum atomic E-state index is 12.8. The van der Waals surface area contributed by atoms with Crippen LogP contribution in [-0.2, 0) is 11.2 Å². The molecule has 2 heterocycles. The number of carbonyl (C=O) groups excluding carboxylic acids is 1. The summed E-state index contributed by atoms with van der Waals surface area (Å²) in [6, 6.07) is 8.82. The highest BCUT2D eigenvalue weighted by Gasteiger charge is 2.37. The average molecular weight is 299 g/mol. The van der Waals surface area contributed by atoms with E-state index in [2.05, 4.69) is 0 Å². The van der Waals surface area contributed by atoms with Crippen molar-refractivity contribution in [1.29, 1.82) is 0 Å². The Labute approximate surface area is 128 Å². The van der Waals surface area contributed by atoms with Crippen molar-refractivity contribution in [3.8, 4) is 0 Å². The van der Waals surface area contributed by atoms with Crippen LogP contribution in [0.25, 0.3) is 0 Å². The van der Waals surface area contributed by atoms with Crippen LogP contribution >= 0.6 is 0 Å². The summed E-state index contributed by atoms with van der Waals surface area (Å²) < 4.78 is 5.38. The molecule has 1 aliphatic heterocycles. The lowest BCUT2D eigenvalue weighted by Gasteiger charge is -2.17. The summed E-state index contributed by atoms with van der Waals surface area (Å²) in [5.74, 6) is -1.14. The molecule has 1 unspecified atom stereocenters. The standard InChI is InChI=1S/C17H17NO4/c1-2-5-15-12(8-9-22-15)16(19)18-10-13(17(20)21)11-6-3-4-7-14(11)18/h3-4,6-9,13H,2,5,10H2,1H3,(H,20,21). The van der Waals surface area contributed by atoms with Gasteiger partial charge < -0.3 is 14.4 Å². The molecule has 22 heavy (non-hydrogen) atoms. The van der Waals surface area contributed by atoms with Gasteiger partial charge in [-0.15, -0.1) is 0 Å². The zero-order valence-corrected chi connectivity index (χ0v) is 12.3. The normalized spacial score (nSPS) is 16.6. The number of aryl methyl sites for hydroxylation is 1. The van der Waals surface area contributed by atoms with Gasteiger partial charge in [0.15, 0.2) is 0 Å². The molecular weight excluding hydrogens is 282 g/mol. The first-order valence-corrected chi connectivity index (χ1v) is 7.33. The Bertz CT molecular complexity index is 719. The molecule has 1 aliphatic rings. The molecular formula is C17H17NO4. The number of benzene rings is 1. The first-order chi connectivity index (χ1) is 10.6. The van der Waals surface area contributed by atoms with Crippen LogP contribution in [0.5, 0.6) is 0 Å². The third-order valence-corrected chi connectivity index (χ3v) is 3.96. The van der Waals surface area contributed by atoms with Gasteiger partial charge in [-0.3, -0.25) is 9.59 Å². The summed E-state index contributed by atoms with van der Waals surface area (Å²) in [4.78, 5) is 25.8. The number of carboxylic acids is 1. The van der Waals surface area contributed by atoms with E-state index >= 15 is 0 Å². The highest BCUT2D eigenvalue weighted by Crippen LogP contribution is 2.37. The number of nitrogens with zero attached hydrogens (tertiary/aromatic N) is 1. The van der Waals surface area contributed by atoms with Gasteiger partial charge in [-0.2, -0.15) is 0 Å². The highest BCUT2D eigenvalue weighted by molar-refractivity contribution is 6.09. The second-order valence-corrected chi connectivity index (χ2v) is 5.37. The van der Waals surface area contributed by atoms with E-state index in [1.807, 2.05) is 13.0 Å². The Morgan fingerprint density at radius 3 is 2.82 bits per heavy atom. The van der Waals surface area contributed by atoms with Crippen LogP contribution in [0.1, 0.15) is 40.9 Å². The van der Waals surface area contributed by atoms with E-state index in [1.165, 1.54) is 11.2 Å². The number of carbonyl (C=O) groups is 2. The number of fused-ring (bicyclic) bond motifs is 1. The molecule has 0 aliphatic carbocycles. The predicted octanol–water partition coefficient (Wildman–Crippen LogP) is 3.06. The number of hydrogen-bond donors (Lipinski definition) is 1. The Hall–Kier alpha value is -2.56. The topological polar surface area (TPSA) is 70.8 Å². The molecule has 5 heteroatoms. The number of carboxylic acid groups (broad SMARTS) is 1. The highest BCUT2D eigenvalue weighted by atomic mass is 16.4. The molecule has 1 amide bonds. The van der Waals surface area contributed by atoms with Crippen molar-refractivity contribution in [2.45, 2.75) is 25.7 Å². The fourth-order valence-electron chi connectivity index (χ4n) is 2.91. The molecule has 5 nitrogen and oxygen atoms in total. The van der Waals surface area contributed by atoms with Gasteiger partial charge in [0.2, 0.25) is 0 Å². The van der Waals surface area contributed by atoms with E-state index < -0.39 is 11.9 Å². The van der Waals surface area contributed by atoms with E-state index in [0.717, 1.165) is 6.42 Å². The predicted molar refractivity (Wildman–Crippen MR) is 81.2 cm³/mol. The van der Waals surface area contributed by atoms with Gasteiger partial charge in [-0.25, -0.2) is 0 Å². The maximum absolute atomic E-state index is 12.8. The summed E-state index contributed by atoms with van der Waals surface area (Å²) in [7, 11) is 0. The second-order valence-electron chi connectivity index (χ2n) is 5.37. The minimum Gasteiger partial charge on any atom is -0.481 e. The Balaban J connectivity index is 1.97. The number of amides is 1. The molecule has 3 rings (SSSR count). The lowest BCUT2D eigenvalue weighted by Crippen LogP contribution is -2.31. The average Bonchev–Trinajstić information content (AvgIpc) is 3.11. The zero-order valence-electron chi connectivity index (χ0n) is 12.3.